The Hall–Kier alpha value is -3.15. The van der Waals surface area contributed by atoms with Crippen LogP contribution in [0.5, 0.6) is 0 Å². The van der Waals surface area contributed by atoms with Gasteiger partial charge >= 0.3 is 0 Å². The molecular formula is C60H105N3O42. The first-order valence-electron chi connectivity index (χ1n) is 34.2. The number of amides is 3. The van der Waals surface area contributed by atoms with Gasteiger partial charge in [-0.25, -0.2) is 0 Å². The molecule has 0 aromatic rings. The summed E-state index contributed by atoms with van der Waals surface area (Å²) in [6.45, 7) is -6.41. The van der Waals surface area contributed by atoms with Gasteiger partial charge in [0.05, 0.1) is 159 Å². The van der Waals surface area contributed by atoms with E-state index < -0.39 is 261 Å². The molecule has 0 saturated carbocycles. The molecule has 0 unspecified atom stereocenters. The van der Waals surface area contributed by atoms with Crippen LogP contribution in [0.3, 0.4) is 0 Å². The largest absolute Gasteiger partial charge is 0.394 e. The molecule has 0 aromatic heterocycles. The van der Waals surface area contributed by atoms with Crippen molar-refractivity contribution in [1.82, 2.24) is 16.0 Å². The van der Waals surface area contributed by atoms with E-state index in [4.69, 9.17) is 99.5 Å². The van der Waals surface area contributed by atoms with Gasteiger partial charge in [-0.05, 0) is 0 Å². The number of aliphatic hydroxyl groups excluding tert-OH is 18. The number of carbonyl (C=O) groups excluding carboxylic acids is 3. The van der Waals surface area contributed by atoms with E-state index in [9.17, 15) is 106 Å². The average molecular weight is 1540 g/mol. The maximum absolute atomic E-state index is 13.4. The van der Waals surface area contributed by atoms with Crippen LogP contribution < -0.4 is 16.0 Å². The lowest BCUT2D eigenvalue weighted by Gasteiger charge is -2.45. The summed E-state index contributed by atoms with van der Waals surface area (Å²) in [4.78, 5) is 40.2. The van der Waals surface area contributed by atoms with Crippen LogP contribution in [0.25, 0.3) is 0 Å². The molecule has 30 atom stereocenters. The van der Waals surface area contributed by atoms with Crippen LogP contribution >= 0.6 is 0 Å². The molecule has 0 spiro atoms. The van der Waals surface area contributed by atoms with E-state index in [2.05, 4.69) is 16.0 Å². The summed E-state index contributed by atoms with van der Waals surface area (Å²) in [5.41, 5.74) is 0. The molecule has 0 aliphatic carbocycles. The lowest BCUT2D eigenvalue weighted by molar-refractivity contribution is -0.304. The number of nitrogens with one attached hydrogen (secondary N) is 3. The van der Waals surface area contributed by atoms with Crippen molar-refractivity contribution in [2.75, 3.05) is 178 Å². The van der Waals surface area contributed by atoms with E-state index in [1.807, 2.05) is 0 Å². The van der Waals surface area contributed by atoms with Gasteiger partial charge in [0.25, 0.3) is 0 Å². The molecule has 0 radical (unpaired) electrons. The highest BCUT2D eigenvalue weighted by Crippen LogP contribution is 2.32. The number of fused-ring (bicyclic) bond motifs is 6. The average Bonchev–Trinajstić information content (AvgIpc) is 1.77. The molecule has 7 fully saturated rings. The van der Waals surface area contributed by atoms with Gasteiger partial charge in [-0.15, -0.1) is 0 Å². The van der Waals surface area contributed by atoms with E-state index in [-0.39, 0.29) is 119 Å². The molecular weight excluding hydrogens is 1430 g/mol. The van der Waals surface area contributed by atoms with Crippen molar-refractivity contribution >= 4 is 17.7 Å². The molecule has 7 aliphatic rings. The molecule has 7 aliphatic heterocycles. The van der Waals surface area contributed by atoms with E-state index in [1.165, 1.54) is 0 Å². The minimum absolute atomic E-state index is 0.00122. The van der Waals surface area contributed by atoms with Gasteiger partial charge in [-0.3, -0.25) is 14.4 Å². The Morgan fingerprint density at radius 2 is 0.486 bits per heavy atom. The Labute approximate surface area is 600 Å². The molecule has 7 saturated heterocycles. The summed E-state index contributed by atoms with van der Waals surface area (Å²) in [6.07, 6.45) is -43.1. The van der Waals surface area contributed by atoms with Gasteiger partial charge < -0.3 is 207 Å². The SMILES string of the molecule is O=C(COCCOCCOCCO[C@@H]1O[C@H](CO)[C@H](O)[C@H](O)[C@H]1O)N[C@H]1[C@@H]2OC[C@H]3O[C@@H](OC[C@H]4O[C@@H](OC[C@@H](O2)[C@@H](O)[C@@H]1O)[C@H](NC(=O)COCCOCCOCCO[C@@H]1O[C@H](CO)[C@H](O)[C@H](O)[C@H]1O)[C@@H](O)[C@@H]4O)[C@H](NC(=O)COCCOCCOCCO[C@@H]1O[C@H](CO)[C@H](O)[C@H](O)[C@H]1O)[C@@H](O)[C@@H]3O. The van der Waals surface area contributed by atoms with Crippen LogP contribution in [-0.4, -0.2) is 472 Å². The zero-order chi connectivity index (χ0) is 76.1. The second kappa shape index (κ2) is 46.6. The van der Waals surface area contributed by atoms with Gasteiger partial charge in [0.1, 0.15) is 166 Å². The van der Waals surface area contributed by atoms with Crippen LogP contribution in [0, 0.1) is 0 Å². The molecule has 612 valence electrons. The van der Waals surface area contributed by atoms with Crippen molar-refractivity contribution in [2.45, 2.75) is 184 Å². The minimum Gasteiger partial charge on any atom is -0.394 e. The number of ether oxygens (including phenoxy) is 21. The van der Waals surface area contributed by atoms with Gasteiger partial charge in [0, 0.05) is 0 Å². The molecule has 6 bridgehead atoms. The Morgan fingerprint density at radius 3 is 0.714 bits per heavy atom. The molecule has 105 heavy (non-hydrogen) atoms. The fraction of sp³-hybridized carbons (Fsp3) is 0.950. The summed E-state index contributed by atoms with van der Waals surface area (Å²) < 4.78 is 117. The van der Waals surface area contributed by atoms with Gasteiger partial charge in [0.2, 0.25) is 17.7 Å². The highest BCUT2D eigenvalue weighted by atomic mass is 16.8. The summed E-state index contributed by atoms with van der Waals surface area (Å²) in [7, 11) is 0. The third-order valence-electron chi connectivity index (χ3n) is 17.4. The smallest absolute Gasteiger partial charge is 0.246 e. The van der Waals surface area contributed by atoms with Crippen LogP contribution in [-0.2, 0) is 114 Å². The number of aliphatic hydroxyl groups is 18. The first-order valence-corrected chi connectivity index (χ1v) is 34.2. The lowest BCUT2D eigenvalue weighted by Crippen LogP contribution is -2.67. The molecule has 7 rings (SSSR count). The van der Waals surface area contributed by atoms with Crippen molar-refractivity contribution in [3.8, 4) is 0 Å². The topological polar surface area (TPSA) is 645 Å². The lowest BCUT2D eigenvalue weighted by atomic mass is 9.96. The van der Waals surface area contributed by atoms with E-state index in [0.717, 1.165) is 0 Å². The first-order chi connectivity index (χ1) is 50.5. The van der Waals surface area contributed by atoms with Gasteiger partial charge in [-0.2, -0.15) is 0 Å². The Bertz CT molecular complexity index is 2170. The third-order valence-corrected chi connectivity index (χ3v) is 17.4. The number of hydrogen-bond acceptors (Lipinski definition) is 42. The van der Waals surface area contributed by atoms with Crippen molar-refractivity contribution in [2.24, 2.45) is 0 Å². The van der Waals surface area contributed by atoms with Crippen LogP contribution in [0.1, 0.15) is 0 Å². The zero-order valence-electron chi connectivity index (χ0n) is 57.3. The van der Waals surface area contributed by atoms with Crippen molar-refractivity contribution in [3.63, 3.8) is 0 Å². The van der Waals surface area contributed by atoms with Crippen LogP contribution in [0.2, 0.25) is 0 Å². The molecule has 45 heteroatoms. The predicted molar refractivity (Wildman–Crippen MR) is 332 cm³/mol. The Kier molecular flexibility index (Phi) is 39.5. The zero-order valence-corrected chi connectivity index (χ0v) is 57.3. The Balaban J connectivity index is 0.893. The summed E-state index contributed by atoms with van der Waals surface area (Å²) in [5.74, 6) is -2.59. The van der Waals surface area contributed by atoms with Gasteiger partial charge in [0.15, 0.2) is 37.7 Å². The molecule has 3 amide bonds. The maximum atomic E-state index is 13.4. The molecule has 7 heterocycles. The van der Waals surface area contributed by atoms with Crippen LogP contribution in [0.15, 0.2) is 0 Å². The monoisotopic (exact) mass is 1540 g/mol. The van der Waals surface area contributed by atoms with Crippen LogP contribution in [0.4, 0.5) is 0 Å². The van der Waals surface area contributed by atoms with Crippen molar-refractivity contribution in [1.29, 1.82) is 0 Å². The standard InChI is InChI=1S/C60H105N3O42/c64-19-28-40(70)49(79)52(82)58(100-28)94-16-13-88-4-1-85-7-10-91-25-34(67)61-37-46(76)43(73)31-23-98-56-39(63-36(69)27-93-12-9-87-3-6-90-15-18-96-60-54(84)51(81)42(72)30(21-66)102-60)48(78)45(75)33(105-56)24-99-57-38(47(77)44(74)32(104-57)22-97-55(37)103-31)62-35(68)26-92-11-8-86-2-5-89-14-17-95-59-53(83)50(80)41(71)29(20-65)101-59/h28-33,37-60,64-66,70-84H,1-27H2,(H,61,67)(H,62,68)(H,63,69)/t28-,29-,30-,31-,32-,33-,37-,38-,39-,40+,41+,42+,43-,44-,45-,46-,47-,48-,49+,50+,51+,52-,53-,54-,55-,56-,57-,58-,59-,60-/m1/s1. The quantitative estimate of drug-likeness (QED) is 0.0252. The summed E-state index contributed by atoms with van der Waals surface area (Å²) >= 11 is 0. The fourth-order valence-electron chi connectivity index (χ4n) is 11.4. The second-order valence-electron chi connectivity index (χ2n) is 24.9. The summed E-state index contributed by atoms with van der Waals surface area (Å²) in [6, 6.07) is -4.86. The second-order valence-corrected chi connectivity index (χ2v) is 24.9. The first kappa shape index (κ1) is 89.1. The predicted octanol–water partition coefficient (Wildman–Crippen LogP) is -15.6. The molecule has 0 aromatic carbocycles. The van der Waals surface area contributed by atoms with Crippen molar-refractivity contribution < 1.29 is 206 Å². The highest BCUT2D eigenvalue weighted by molar-refractivity contribution is 5.78. The molecule has 21 N–H and O–H groups in total. The number of rotatable bonds is 42. The minimum atomic E-state index is -1.93. The Morgan fingerprint density at radius 1 is 0.267 bits per heavy atom. The number of carbonyl (C=O) groups is 3. The van der Waals surface area contributed by atoms with Crippen molar-refractivity contribution in [3.05, 3.63) is 0 Å². The summed E-state index contributed by atoms with van der Waals surface area (Å²) in [5, 5.41) is 195. The third kappa shape index (κ3) is 26.8. The maximum Gasteiger partial charge on any atom is 0.246 e. The van der Waals surface area contributed by atoms with Gasteiger partial charge in [-0.1, -0.05) is 0 Å². The number of hydrogen-bond donors (Lipinski definition) is 21. The fourth-order valence-corrected chi connectivity index (χ4v) is 11.4. The normalized spacial score (nSPS) is 39.0. The molecule has 45 nitrogen and oxygen atoms in total. The highest BCUT2D eigenvalue weighted by Gasteiger charge is 2.53. The van der Waals surface area contributed by atoms with E-state index in [0.29, 0.717) is 0 Å². The van der Waals surface area contributed by atoms with E-state index in [1.54, 1.807) is 0 Å². The van der Waals surface area contributed by atoms with E-state index >= 15 is 0 Å².